The molecule has 6 N–H and O–H groups in total. The predicted molar refractivity (Wildman–Crippen MR) is 59.8 cm³/mol. The minimum absolute atomic E-state index is 0.145. The maximum atomic E-state index is 5.60. The maximum Gasteiger partial charge on any atom is 0.240 e. The monoisotopic (exact) mass is 220 g/mol. The molecule has 1 aromatic carbocycles. The van der Waals surface area contributed by atoms with E-state index in [0.29, 0.717) is 17.3 Å². The van der Waals surface area contributed by atoms with Gasteiger partial charge in [-0.2, -0.15) is 0 Å². The number of hydrogen-bond donors (Lipinski definition) is 3. The minimum Gasteiger partial charge on any atom is -0.485 e. The number of rotatable bonds is 3. The van der Waals surface area contributed by atoms with Crippen LogP contribution in [-0.4, -0.2) is 14.9 Å². The first-order valence-corrected chi connectivity index (χ1v) is 4.60. The Hall–Kier alpha value is -2.44. The van der Waals surface area contributed by atoms with Gasteiger partial charge in [-0.25, -0.2) is 4.68 Å². The van der Waals surface area contributed by atoms with Gasteiger partial charge in [-0.15, -0.1) is 10.2 Å². The van der Waals surface area contributed by atoms with Crippen LogP contribution in [0.5, 0.6) is 5.75 Å². The van der Waals surface area contributed by atoms with Crippen LogP contribution in [0.3, 0.4) is 0 Å². The molecule has 0 bridgehead atoms. The van der Waals surface area contributed by atoms with Gasteiger partial charge in [0.2, 0.25) is 5.95 Å². The summed E-state index contributed by atoms with van der Waals surface area (Å²) in [5, 5.41) is 7.37. The van der Waals surface area contributed by atoms with Crippen LogP contribution in [0, 0.1) is 0 Å². The summed E-state index contributed by atoms with van der Waals surface area (Å²) >= 11 is 0. The van der Waals surface area contributed by atoms with Crippen LogP contribution in [0.2, 0.25) is 0 Å². The highest BCUT2D eigenvalue weighted by Crippen LogP contribution is 2.15. The Labute approximate surface area is 91.8 Å². The molecule has 0 amide bonds. The van der Waals surface area contributed by atoms with Crippen molar-refractivity contribution in [1.82, 2.24) is 14.9 Å². The van der Waals surface area contributed by atoms with E-state index in [1.54, 1.807) is 24.3 Å². The topological polar surface area (TPSA) is 118 Å². The highest BCUT2D eigenvalue weighted by atomic mass is 16.5. The molecule has 7 nitrogen and oxygen atoms in total. The molecule has 0 atom stereocenters. The summed E-state index contributed by atoms with van der Waals surface area (Å²) in [5.74, 6) is 6.79. The summed E-state index contributed by atoms with van der Waals surface area (Å²) in [7, 11) is 0. The van der Waals surface area contributed by atoms with Crippen molar-refractivity contribution in [1.29, 1.82) is 0 Å². The van der Waals surface area contributed by atoms with Gasteiger partial charge in [-0.05, 0) is 12.1 Å². The van der Waals surface area contributed by atoms with Gasteiger partial charge < -0.3 is 22.0 Å². The molecular weight excluding hydrogens is 208 g/mol. The van der Waals surface area contributed by atoms with E-state index >= 15 is 0 Å². The lowest BCUT2D eigenvalue weighted by Gasteiger charge is -2.05. The molecule has 0 saturated heterocycles. The van der Waals surface area contributed by atoms with E-state index in [9.17, 15) is 0 Å². The van der Waals surface area contributed by atoms with Crippen molar-refractivity contribution >= 4 is 11.6 Å². The second kappa shape index (κ2) is 3.97. The minimum atomic E-state index is 0.145. The normalized spacial score (nSPS) is 10.2. The van der Waals surface area contributed by atoms with Crippen molar-refractivity contribution in [2.24, 2.45) is 0 Å². The molecule has 0 saturated carbocycles. The summed E-state index contributed by atoms with van der Waals surface area (Å²) in [6.07, 6.45) is 0. The van der Waals surface area contributed by atoms with Crippen LogP contribution in [0.25, 0.3) is 0 Å². The smallest absolute Gasteiger partial charge is 0.240 e. The predicted octanol–water partition coefficient (Wildman–Crippen LogP) is -0.265. The molecule has 0 radical (unpaired) electrons. The van der Waals surface area contributed by atoms with E-state index in [1.807, 2.05) is 0 Å². The Morgan fingerprint density at radius 2 is 2.06 bits per heavy atom. The lowest BCUT2D eigenvalue weighted by Crippen LogP contribution is -2.17. The van der Waals surface area contributed by atoms with Crippen molar-refractivity contribution < 1.29 is 4.74 Å². The van der Waals surface area contributed by atoms with E-state index in [-0.39, 0.29) is 12.6 Å². The van der Waals surface area contributed by atoms with Gasteiger partial charge in [0.05, 0.1) is 0 Å². The van der Waals surface area contributed by atoms with Gasteiger partial charge >= 0.3 is 0 Å². The fourth-order valence-electron chi connectivity index (χ4n) is 1.19. The second-order valence-electron chi connectivity index (χ2n) is 3.21. The number of nitrogen functional groups attached to an aromatic ring is 3. The van der Waals surface area contributed by atoms with E-state index in [2.05, 4.69) is 10.2 Å². The molecule has 0 aliphatic carbocycles. The summed E-state index contributed by atoms with van der Waals surface area (Å²) in [4.78, 5) is 0. The Kier molecular flexibility index (Phi) is 2.50. The zero-order valence-electron chi connectivity index (χ0n) is 8.50. The number of hydrogen-bond acceptors (Lipinski definition) is 6. The molecule has 0 aliphatic heterocycles. The molecule has 84 valence electrons. The van der Waals surface area contributed by atoms with Gasteiger partial charge in [0.25, 0.3) is 0 Å². The molecule has 2 rings (SSSR count). The Balaban J connectivity index is 2.05. The van der Waals surface area contributed by atoms with Crippen molar-refractivity contribution in [3.63, 3.8) is 0 Å². The number of nitrogens with zero attached hydrogens (tertiary/aromatic N) is 3. The van der Waals surface area contributed by atoms with Gasteiger partial charge in [0.1, 0.15) is 12.4 Å². The van der Waals surface area contributed by atoms with Crippen molar-refractivity contribution in [2.75, 3.05) is 17.3 Å². The number of anilines is 2. The molecule has 0 fully saturated rings. The van der Waals surface area contributed by atoms with Gasteiger partial charge in [0.15, 0.2) is 5.82 Å². The zero-order valence-corrected chi connectivity index (χ0v) is 8.50. The fourth-order valence-corrected chi connectivity index (χ4v) is 1.19. The van der Waals surface area contributed by atoms with Crippen LogP contribution >= 0.6 is 0 Å². The lowest BCUT2D eigenvalue weighted by molar-refractivity contribution is 0.292. The van der Waals surface area contributed by atoms with Crippen molar-refractivity contribution in [3.8, 4) is 5.75 Å². The van der Waals surface area contributed by atoms with E-state index in [1.165, 1.54) is 4.68 Å². The fraction of sp³-hybridized carbons (Fsp3) is 0.111. The van der Waals surface area contributed by atoms with Crippen molar-refractivity contribution in [2.45, 2.75) is 6.61 Å². The third-order valence-electron chi connectivity index (χ3n) is 2.02. The average Bonchev–Trinajstić information content (AvgIpc) is 2.57. The van der Waals surface area contributed by atoms with E-state index in [0.717, 1.165) is 0 Å². The Bertz CT molecular complexity index is 494. The SMILES string of the molecule is Nc1cccc(OCc2nnc(N)n2N)c1. The Morgan fingerprint density at radius 3 is 2.69 bits per heavy atom. The van der Waals surface area contributed by atoms with Crippen LogP contribution < -0.4 is 22.0 Å². The largest absolute Gasteiger partial charge is 0.485 e. The highest BCUT2D eigenvalue weighted by molar-refractivity contribution is 5.43. The van der Waals surface area contributed by atoms with Crippen LogP contribution in [0.15, 0.2) is 24.3 Å². The average molecular weight is 220 g/mol. The van der Waals surface area contributed by atoms with Gasteiger partial charge in [-0.1, -0.05) is 6.07 Å². The number of aromatic nitrogens is 3. The van der Waals surface area contributed by atoms with Gasteiger partial charge in [0, 0.05) is 11.8 Å². The third-order valence-corrected chi connectivity index (χ3v) is 2.02. The molecule has 1 aromatic heterocycles. The number of nitrogens with two attached hydrogens (primary N) is 3. The van der Waals surface area contributed by atoms with Crippen LogP contribution in [0.1, 0.15) is 5.82 Å². The summed E-state index contributed by atoms with van der Waals surface area (Å²) < 4.78 is 6.60. The number of benzene rings is 1. The Morgan fingerprint density at radius 1 is 1.25 bits per heavy atom. The maximum absolute atomic E-state index is 5.60. The molecule has 0 spiro atoms. The van der Waals surface area contributed by atoms with E-state index in [4.69, 9.17) is 22.0 Å². The molecule has 0 aliphatic rings. The zero-order chi connectivity index (χ0) is 11.5. The lowest BCUT2D eigenvalue weighted by atomic mass is 10.3. The highest BCUT2D eigenvalue weighted by Gasteiger charge is 2.06. The van der Waals surface area contributed by atoms with Crippen LogP contribution in [-0.2, 0) is 6.61 Å². The number of ether oxygens (including phenoxy) is 1. The summed E-state index contributed by atoms with van der Waals surface area (Å²) in [6, 6.07) is 7.07. The summed E-state index contributed by atoms with van der Waals surface area (Å²) in [6.45, 7) is 0.185. The first kappa shape index (κ1) is 10.1. The summed E-state index contributed by atoms with van der Waals surface area (Å²) in [5.41, 5.74) is 11.7. The molecule has 16 heavy (non-hydrogen) atoms. The molecule has 1 heterocycles. The van der Waals surface area contributed by atoms with Crippen LogP contribution in [0.4, 0.5) is 11.6 Å². The van der Waals surface area contributed by atoms with Crippen molar-refractivity contribution in [3.05, 3.63) is 30.1 Å². The van der Waals surface area contributed by atoms with E-state index < -0.39 is 0 Å². The quantitative estimate of drug-likeness (QED) is 0.484. The first-order chi connectivity index (χ1) is 7.66. The van der Waals surface area contributed by atoms with Gasteiger partial charge in [-0.3, -0.25) is 0 Å². The molecule has 2 aromatic rings. The molecule has 0 unspecified atom stereocenters. The molecule has 7 heteroatoms. The third kappa shape index (κ3) is 1.97. The first-order valence-electron chi connectivity index (χ1n) is 4.60. The second-order valence-corrected chi connectivity index (χ2v) is 3.21. The standard InChI is InChI=1S/C9H12N6O/c10-6-2-1-3-7(4-6)16-5-8-13-14-9(11)15(8)12/h1-4H,5,10,12H2,(H2,11,14). The molecular formula is C9H12N6O.